The predicted octanol–water partition coefficient (Wildman–Crippen LogP) is 5.20. The van der Waals surface area contributed by atoms with Crippen molar-refractivity contribution in [1.82, 2.24) is 19.8 Å². The highest BCUT2D eigenvalue weighted by Gasteiger charge is 2.31. The second-order valence-electron chi connectivity index (χ2n) is 7.90. The molecule has 2 aromatic carbocycles. The third-order valence-electron chi connectivity index (χ3n) is 5.65. The maximum Gasteiger partial charge on any atom is 0.416 e. The summed E-state index contributed by atoms with van der Waals surface area (Å²) in [5, 5.41) is 9.38. The second kappa shape index (κ2) is 6.97. The van der Waals surface area contributed by atoms with Crippen LogP contribution in [0.2, 0.25) is 0 Å². The first kappa shape index (κ1) is 18.8. The number of nitrogens with zero attached hydrogens (tertiary/aromatic N) is 5. The zero-order valence-corrected chi connectivity index (χ0v) is 16.4. The first-order valence-electron chi connectivity index (χ1n) is 9.98. The molecule has 4 aromatic rings. The van der Waals surface area contributed by atoms with Gasteiger partial charge in [-0.05, 0) is 43.0 Å². The zero-order valence-electron chi connectivity index (χ0n) is 16.4. The number of rotatable bonds is 2. The topological polar surface area (TPSA) is 46.3 Å². The Bertz CT molecular complexity index is 1230. The molecule has 1 fully saturated rings. The molecule has 0 saturated carbocycles. The van der Waals surface area contributed by atoms with E-state index in [4.69, 9.17) is 4.98 Å². The van der Waals surface area contributed by atoms with Gasteiger partial charge in [0.15, 0.2) is 5.65 Å². The molecule has 2 aromatic heterocycles. The van der Waals surface area contributed by atoms with E-state index in [9.17, 15) is 13.2 Å². The van der Waals surface area contributed by atoms with Crippen LogP contribution < -0.4 is 4.90 Å². The standard InChI is InChI=1S/C22H20F3N5/c1-14-6-5-11-29(13-14)20-17-9-2-3-10-18(17)30-21(26-20)19(27-28-30)15-7-4-8-16(12-15)22(23,24)25/h2-4,7-10,12,14H,5-6,11,13H2,1H3. The molecule has 154 valence electrons. The van der Waals surface area contributed by atoms with Gasteiger partial charge >= 0.3 is 6.18 Å². The van der Waals surface area contributed by atoms with Crippen LogP contribution in [0.15, 0.2) is 48.5 Å². The molecule has 0 N–H and O–H groups in total. The molecule has 1 aliphatic heterocycles. The van der Waals surface area contributed by atoms with Gasteiger partial charge in [-0.25, -0.2) is 4.98 Å². The Morgan fingerprint density at radius 1 is 1.07 bits per heavy atom. The average Bonchev–Trinajstić information content (AvgIpc) is 3.17. The molecule has 0 bridgehead atoms. The number of halogens is 3. The minimum absolute atomic E-state index is 0.346. The van der Waals surface area contributed by atoms with Crippen molar-refractivity contribution in [2.45, 2.75) is 25.9 Å². The van der Waals surface area contributed by atoms with Crippen molar-refractivity contribution in [2.24, 2.45) is 5.92 Å². The summed E-state index contributed by atoms with van der Waals surface area (Å²) in [4.78, 5) is 7.14. The lowest BCUT2D eigenvalue weighted by Gasteiger charge is -2.32. The molecular weight excluding hydrogens is 391 g/mol. The van der Waals surface area contributed by atoms with Gasteiger partial charge in [0, 0.05) is 24.0 Å². The molecule has 0 aliphatic carbocycles. The summed E-state index contributed by atoms with van der Waals surface area (Å²) in [6.45, 7) is 4.02. The molecule has 1 unspecified atom stereocenters. The van der Waals surface area contributed by atoms with E-state index in [0.29, 0.717) is 22.8 Å². The number of aromatic nitrogens is 4. The maximum atomic E-state index is 13.2. The number of para-hydroxylation sites is 1. The van der Waals surface area contributed by atoms with Crippen molar-refractivity contribution in [3.63, 3.8) is 0 Å². The molecule has 0 radical (unpaired) electrons. The second-order valence-corrected chi connectivity index (χ2v) is 7.90. The Hall–Kier alpha value is -3.16. The number of alkyl halides is 3. The number of piperidine rings is 1. The number of fused-ring (bicyclic) bond motifs is 3. The van der Waals surface area contributed by atoms with E-state index < -0.39 is 11.7 Å². The lowest BCUT2D eigenvalue weighted by Crippen LogP contribution is -2.35. The van der Waals surface area contributed by atoms with Gasteiger partial charge in [-0.15, -0.1) is 5.10 Å². The third kappa shape index (κ3) is 3.16. The number of hydrogen-bond donors (Lipinski definition) is 0. The van der Waals surface area contributed by atoms with Gasteiger partial charge < -0.3 is 4.90 Å². The highest BCUT2D eigenvalue weighted by molar-refractivity contribution is 5.93. The van der Waals surface area contributed by atoms with Crippen molar-refractivity contribution < 1.29 is 13.2 Å². The third-order valence-corrected chi connectivity index (χ3v) is 5.65. The van der Waals surface area contributed by atoms with Gasteiger partial charge in [0.1, 0.15) is 11.5 Å². The van der Waals surface area contributed by atoms with E-state index in [-0.39, 0.29) is 0 Å². The van der Waals surface area contributed by atoms with Crippen molar-refractivity contribution in [3.8, 4) is 11.3 Å². The SMILES string of the molecule is CC1CCCN(c2nc3c(-c4cccc(C(F)(F)F)c4)nnn3c3ccccc23)C1. The molecule has 0 spiro atoms. The summed E-state index contributed by atoms with van der Waals surface area (Å²) in [6.07, 6.45) is -2.16. The van der Waals surface area contributed by atoms with Crippen LogP contribution in [-0.4, -0.2) is 32.9 Å². The van der Waals surface area contributed by atoms with E-state index in [1.54, 1.807) is 10.6 Å². The van der Waals surface area contributed by atoms with E-state index in [2.05, 4.69) is 22.1 Å². The van der Waals surface area contributed by atoms with Gasteiger partial charge in [-0.3, -0.25) is 0 Å². The summed E-state index contributed by atoms with van der Waals surface area (Å²) in [5.74, 6) is 1.39. The molecule has 8 heteroatoms. The van der Waals surface area contributed by atoms with Crippen molar-refractivity contribution in [1.29, 1.82) is 0 Å². The van der Waals surface area contributed by atoms with Gasteiger partial charge in [0.05, 0.1) is 11.1 Å². The first-order chi connectivity index (χ1) is 14.4. The van der Waals surface area contributed by atoms with Gasteiger partial charge in [-0.2, -0.15) is 17.7 Å². The highest BCUT2D eigenvalue weighted by atomic mass is 19.4. The maximum absolute atomic E-state index is 13.2. The fourth-order valence-corrected chi connectivity index (χ4v) is 4.20. The quantitative estimate of drug-likeness (QED) is 0.455. The van der Waals surface area contributed by atoms with E-state index in [1.165, 1.54) is 12.5 Å². The van der Waals surface area contributed by atoms with Crippen molar-refractivity contribution >= 4 is 22.4 Å². The van der Waals surface area contributed by atoms with Crippen LogP contribution in [0.1, 0.15) is 25.3 Å². The van der Waals surface area contributed by atoms with Crippen LogP contribution in [0, 0.1) is 5.92 Å². The molecule has 30 heavy (non-hydrogen) atoms. The molecule has 5 rings (SSSR count). The van der Waals surface area contributed by atoms with Crippen LogP contribution in [0.25, 0.3) is 27.8 Å². The molecule has 5 nitrogen and oxygen atoms in total. The Labute approximate surface area is 171 Å². The molecule has 0 amide bonds. The normalized spacial score (nSPS) is 17.7. The van der Waals surface area contributed by atoms with E-state index in [1.807, 2.05) is 24.3 Å². The summed E-state index contributed by atoms with van der Waals surface area (Å²) in [7, 11) is 0. The first-order valence-corrected chi connectivity index (χ1v) is 9.98. The highest BCUT2D eigenvalue weighted by Crippen LogP contribution is 2.35. The predicted molar refractivity (Wildman–Crippen MR) is 109 cm³/mol. The molecule has 3 heterocycles. The molecule has 1 atom stereocenters. The zero-order chi connectivity index (χ0) is 20.9. The number of anilines is 1. The summed E-state index contributed by atoms with van der Waals surface area (Å²) in [6, 6.07) is 13.0. The smallest absolute Gasteiger partial charge is 0.356 e. The fraction of sp³-hybridized carbons (Fsp3) is 0.318. The minimum atomic E-state index is -4.42. The fourth-order valence-electron chi connectivity index (χ4n) is 4.20. The molecule has 1 aliphatic rings. The summed E-state index contributed by atoms with van der Waals surface area (Å²) >= 11 is 0. The van der Waals surface area contributed by atoms with Crippen molar-refractivity contribution in [3.05, 3.63) is 54.1 Å². The van der Waals surface area contributed by atoms with E-state index >= 15 is 0 Å². The Kier molecular flexibility index (Phi) is 4.38. The van der Waals surface area contributed by atoms with E-state index in [0.717, 1.165) is 48.4 Å². The van der Waals surface area contributed by atoms with Crippen LogP contribution in [0.5, 0.6) is 0 Å². The Morgan fingerprint density at radius 3 is 2.70 bits per heavy atom. The number of benzene rings is 2. The number of hydrogen-bond acceptors (Lipinski definition) is 4. The minimum Gasteiger partial charge on any atom is -0.356 e. The van der Waals surface area contributed by atoms with Crippen LogP contribution in [0.4, 0.5) is 19.0 Å². The van der Waals surface area contributed by atoms with Gasteiger partial charge in [0.2, 0.25) is 0 Å². The largest absolute Gasteiger partial charge is 0.416 e. The molecular formula is C22H20F3N5. The lowest BCUT2D eigenvalue weighted by molar-refractivity contribution is -0.137. The molecule has 1 saturated heterocycles. The Balaban J connectivity index is 1.73. The summed E-state index contributed by atoms with van der Waals surface area (Å²) in [5.41, 5.74) is 1.27. The lowest BCUT2D eigenvalue weighted by atomic mass is 10.00. The van der Waals surface area contributed by atoms with Crippen molar-refractivity contribution in [2.75, 3.05) is 18.0 Å². The van der Waals surface area contributed by atoms with Crippen LogP contribution >= 0.6 is 0 Å². The van der Waals surface area contributed by atoms with Crippen LogP contribution in [0.3, 0.4) is 0 Å². The summed E-state index contributed by atoms with van der Waals surface area (Å²) < 4.78 is 41.2. The average molecular weight is 411 g/mol. The van der Waals surface area contributed by atoms with Gasteiger partial charge in [0.25, 0.3) is 0 Å². The van der Waals surface area contributed by atoms with Crippen LogP contribution in [-0.2, 0) is 6.18 Å². The Morgan fingerprint density at radius 2 is 1.90 bits per heavy atom. The monoisotopic (exact) mass is 411 g/mol. The van der Waals surface area contributed by atoms with Gasteiger partial charge in [-0.1, -0.05) is 36.4 Å².